The third-order valence-corrected chi connectivity index (χ3v) is 4.48. The molecule has 0 atom stereocenters. The molecule has 26 heavy (non-hydrogen) atoms. The molecule has 0 aliphatic carbocycles. The standard InChI is InChI=1S/C21H24N2O3/c1-13-9-14(2)16-12-18(23-17(16)10-13)21(24)22-8-7-15-5-6-19(25-3)20(11-15)26-4/h5-6,9-12,23H,7-8H2,1-4H3,(H,22,24). The topological polar surface area (TPSA) is 63.3 Å². The number of carbonyl (C=O) groups is 1. The van der Waals surface area contributed by atoms with Crippen molar-refractivity contribution in [1.29, 1.82) is 0 Å². The Labute approximate surface area is 153 Å². The summed E-state index contributed by atoms with van der Waals surface area (Å²) in [4.78, 5) is 15.6. The van der Waals surface area contributed by atoms with Crippen LogP contribution in [-0.2, 0) is 6.42 Å². The first kappa shape index (κ1) is 17.9. The number of ether oxygens (including phenoxy) is 2. The Kier molecular flexibility index (Phi) is 5.16. The monoisotopic (exact) mass is 352 g/mol. The molecule has 0 saturated carbocycles. The van der Waals surface area contributed by atoms with Gasteiger partial charge in [0.1, 0.15) is 5.69 Å². The highest BCUT2D eigenvalue weighted by molar-refractivity contribution is 5.99. The maximum Gasteiger partial charge on any atom is 0.267 e. The van der Waals surface area contributed by atoms with Gasteiger partial charge in [-0.1, -0.05) is 12.1 Å². The molecular weight excluding hydrogens is 328 g/mol. The van der Waals surface area contributed by atoms with E-state index in [1.165, 1.54) is 11.1 Å². The molecule has 3 rings (SSSR count). The smallest absolute Gasteiger partial charge is 0.267 e. The second-order valence-corrected chi connectivity index (χ2v) is 6.42. The molecule has 0 radical (unpaired) electrons. The van der Waals surface area contributed by atoms with Crippen LogP contribution in [0.25, 0.3) is 10.9 Å². The van der Waals surface area contributed by atoms with Crippen molar-refractivity contribution in [3.63, 3.8) is 0 Å². The predicted molar refractivity (Wildman–Crippen MR) is 103 cm³/mol. The summed E-state index contributed by atoms with van der Waals surface area (Å²) in [7, 11) is 3.23. The van der Waals surface area contributed by atoms with Crippen LogP contribution in [0.2, 0.25) is 0 Å². The van der Waals surface area contributed by atoms with Crippen LogP contribution >= 0.6 is 0 Å². The molecule has 1 aromatic heterocycles. The van der Waals surface area contributed by atoms with E-state index >= 15 is 0 Å². The van der Waals surface area contributed by atoms with Crippen molar-refractivity contribution < 1.29 is 14.3 Å². The minimum absolute atomic E-state index is 0.0984. The second-order valence-electron chi connectivity index (χ2n) is 6.42. The van der Waals surface area contributed by atoms with E-state index in [1.807, 2.05) is 24.3 Å². The number of hydrogen-bond donors (Lipinski definition) is 2. The van der Waals surface area contributed by atoms with Crippen molar-refractivity contribution in [3.05, 3.63) is 58.8 Å². The number of carbonyl (C=O) groups excluding carboxylic acids is 1. The fraction of sp³-hybridized carbons (Fsp3) is 0.286. The number of nitrogens with one attached hydrogen (secondary N) is 2. The average Bonchev–Trinajstić information content (AvgIpc) is 3.06. The molecule has 2 N–H and O–H groups in total. The molecule has 136 valence electrons. The minimum atomic E-state index is -0.0984. The Hall–Kier alpha value is -2.95. The Morgan fingerprint density at radius 3 is 2.54 bits per heavy atom. The van der Waals surface area contributed by atoms with E-state index in [0.717, 1.165) is 16.5 Å². The Morgan fingerprint density at radius 1 is 1.04 bits per heavy atom. The molecule has 0 saturated heterocycles. The van der Waals surface area contributed by atoms with Crippen molar-refractivity contribution >= 4 is 16.8 Å². The number of aromatic amines is 1. The maximum atomic E-state index is 12.4. The van der Waals surface area contributed by atoms with Crippen molar-refractivity contribution in [3.8, 4) is 11.5 Å². The summed E-state index contributed by atoms with van der Waals surface area (Å²) in [5, 5.41) is 4.05. The highest BCUT2D eigenvalue weighted by Crippen LogP contribution is 2.27. The fourth-order valence-corrected chi connectivity index (χ4v) is 3.17. The molecule has 3 aromatic rings. The molecule has 1 amide bonds. The van der Waals surface area contributed by atoms with Crippen LogP contribution in [0.1, 0.15) is 27.2 Å². The average molecular weight is 352 g/mol. The molecule has 5 heteroatoms. The highest BCUT2D eigenvalue weighted by Gasteiger charge is 2.11. The summed E-state index contributed by atoms with van der Waals surface area (Å²) >= 11 is 0. The minimum Gasteiger partial charge on any atom is -0.493 e. The molecule has 5 nitrogen and oxygen atoms in total. The lowest BCUT2D eigenvalue weighted by Gasteiger charge is -2.10. The van der Waals surface area contributed by atoms with Gasteiger partial charge in [-0.25, -0.2) is 0 Å². The third-order valence-electron chi connectivity index (χ3n) is 4.48. The van der Waals surface area contributed by atoms with Crippen molar-refractivity contribution in [2.24, 2.45) is 0 Å². The Bertz CT molecular complexity index is 944. The number of methoxy groups -OCH3 is 2. The predicted octanol–water partition coefficient (Wildman–Crippen LogP) is 3.77. The second kappa shape index (κ2) is 7.52. The number of amides is 1. The first-order chi connectivity index (χ1) is 12.5. The lowest BCUT2D eigenvalue weighted by atomic mass is 10.1. The van der Waals surface area contributed by atoms with Gasteiger partial charge in [0.15, 0.2) is 11.5 Å². The molecule has 1 heterocycles. The summed E-state index contributed by atoms with van der Waals surface area (Å²) in [5.74, 6) is 1.29. The number of hydrogen-bond acceptors (Lipinski definition) is 3. The first-order valence-electron chi connectivity index (χ1n) is 8.61. The van der Waals surface area contributed by atoms with Gasteiger partial charge in [0.25, 0.3) is 5.91 Å². The van der Waals surface area contributed by atoms with Gasteiger partial charge >= 0.3 is 0 Å². The third kappa shape index (κ3) is 3.67. The largest absolute Gasteiger partial charge is 0.493 e. The van der Waals surface area contributed by atoms with Crippen LogP contribution < -0.4 is 14.8 Å². The van der Waals surface area contributed by atoms with Crippen LogP contribution in [0.4, 0.5) is 0 Å². The van der Waals surface area contributed by atoms with Gasteiger partial charge in [-0.2, -0.15) is 0 Å². The number of benzene rings is 2. The van der Waals surface area contributed by atoms with E-state index in [0.29, 0.717) is 30.2 Å². The number of rotatable bonds is 6. The first-order valence-corrected chi connectivity index (χ1v) is 8.61. The van der Waals surface area contributed by atoms with Crippen LogP contribution in [0.3, 0.4) is 0 Å². The van der Waals surface area contributed by atoms with Gasteiger partial charge in [-0.05, 0) is 61.2 Å². The number of aromatic nitrogens is 1. The lowest BCUT2D eigenvalue weighted by molar-refractivity contribution is 0.0950. The highest BCUT2D eigenvalue weighted by atomic mass is 16.5. The molecule has 0 spiro atoms. The van der Waals surface area contributed by atoms with E-state index in [-0.39, 0.29) is 5.91 Å². The van der Waals surface area contributed by atoms with Crippen molar-refractivity contribution in [2.45, 2.75) is 20.3 Å². The molecule has 0 fully saturated rings. The maximum absolute atomic E-state index is 12.4. The zero-order valence-corrected chi connectivity index (χ0v) is 15.6. The molecule has 0 aliphatic rings. The SMILES string of the molecule is COc1ccc(CCNC(=O)c2cc3c(C)cc(C)cc3[nH]2)cc1OC. The zero-order chi connectivity index (χ0) is 18.7. The van der Waals surface area contributed by atoms with Crippen LogP contribution in [0.15, 0.2) is 36.4 Å². The van der Waals surface area contributed by atoms with Gasteiger partial charge < -0.3 is 19.8 Å². The van der Waals surface area contributed by atoms with E-state index < -0.39 is 0 Å². The number of H-pyrrole nitrogens is 1. The van der Waals surface area contributed by atoms with Crippen molar-refractivity contribution in [1.82, 2.24) is 10.3 Å². The van der Waals surface area contributed by atoms with E-state index in [4.69, 9.17) is 9.47 Å². The molecule has 2 aromatic carbocycles. The fourth-order valence-electron chi connectivity index (χ4n) is 3.17. The number of fused-ring (bicyclic) bond motifs is 1. The summed E-state index contributed by atoms with van der Waals surface area (Å²) in [6, 6.07) is 11.9. The van der Waals surface area contributed by atoms with Gasteiger partial charge in [0.05, 0.1) is 14.2 Å². The Balaban J connectivity index is 1.65. The lowest BCUT2D eigenvalue weighted by Crippen LogP contribution is -2.25. The van der Waals surface area contributed by atoms with Gasteiger partial charge in [-0.3, -0.25) is 4.79 Å². The molecule has 0 bridgehead atoms. The normalized spacial score (nSPS) is 10.8. The van der Waals surface area contributed by atoms with E-state index in [1.54, 1.807) is 14.2 Å². The van der Waals surface area contributed by atoms with E-state index in [9.17, 15) is 4.79 Å². The van der Waals surface area contributed by atoms with Crippen molar-refractivity contribution in [2.75, 3.05) is 20.8 Å². The molecule has 0 unspecified atom stereocenters. The van der Waals surface area contributed by atoms with E-state index in [2.05, 4.69) is 36.3 Å². The van der Waals surface area contributed by atoms with Gasteiger partial charge in [-0.15, -0.1) is 0 Å². The number of aryl methyl sites for hydroxylation is 2. The van der Waals surface area contributed by atoms with Crippen LogP contribution in [0, 0.1) is 13.8 Å². The quantitative estimate of drug-likeness (QED) is 0.710. The summed E-state index contributed by atoms with van der Waals surface area (Å²) in [6.45, 7) is 4.65. The van der Waals surface area contributed by atoms with Gasteiger partial charge in [0.2, 0.25) is 0 Å². The summed E-state index contributed by atoms with van der Waals surface area (Å²) in [5.41, 5.74) is 5.00. The van der Waals surface area contributed by atoms with Gasteiger partial charge in [0, 0.05) is 17.4 Å². The summed E-state index contributed by atoms with van der Waals surface area (Å²) in [6.07, 6.45) is 0.713. The Morgan fingerprint density at radius 2 is 1.81 bits per heavy atom. The molecule has 0 aliphatic heterocycles. The summed E-state index contributed by atoms with van der Waals surface area (Å²) < 4.78 is 10.6. The van der Waals surface area contributed by atoms with Crippen LogP contribution in [-0.4, -0.2) is 31.7 Å². The zero-order valence-electron chi connectivity index (χ0n) is 15.6. The molecular formula is C21H24N2O3. The van der Waals surface area contributed by atoms with Crippen LogP contribution in [0.5, 0.6) is 11.5 Å².